The summed E-state index contributed by atoms with van der Waals surface area (Å²) >= 11 is 0. The van der Waals surface area contributed by atoms with Gasteiger partial charge in [0.15, 0.2) is 6.29 Å². The minimum absolute atomic E-state index is 0.0428. The van der Waals surface area contributed by atoms with Crippen molar-refractivity contribution in [3.05, 3.63) is 65.0 Å². The lowest BCUT2D eigenvalue weighted by Gasteiger charge is -2.22. The number of aldehydes is 1. The fourth-order valence-electron chi connectivity index (χ4n) is 2.78. The van der Waals surface area contributed by atoms with Crippen molar-refractivity contribution >= 4 is 12.2 Å². The third kappa shape index (κ3) is 8.11. The maximum Gasteiger partial charge on any atom is 0.269 e. The maximum atomic E-state index is 11.6. The highest BCUT2D eigenvalue weighted by Gasteiger charge is 2.12. The summed E-state index contributed by atoms with van der Waals surface area (Å²) < 4.78 is 10.6. The molecule has 1 aliphatic heterocycles. The number of pyridine rings is 1. The average molecular weight is 399 g/mol. The highest BCUT2D eigenvalue weighted by molar-refractivity contribution is 5.93. The van der Waals surface area contributed by atoms with Crippen LogP contribution in [0.1, 0.15) is 44.9 Å². The number of carbonyl (C=O) groups excluding carboxylic acids is 2. The van der Waals surface area contributed by atoms with E-state index in [2.05, 4.69) is 15.6 Å². The molecule has 0 unspecified atom stereocenters. The number of benzene rings is 1. The average Bonchev–Trinajstić information content (AvgIpc) is 2.78. The van der Waals surface area contributed by atoms with Crippen LogP contribution in [0.3, 0.4) is 0 Å². The second-order valence-electron chi connectivity index (χ2n) is 6.55. The molecule has 1 aliphatic rings. The number of amides is 1. The Labute approximate surface area is 171 Å². The van der Waals surface area contributed by atoms with Crippen LogP contribution >= 0.6 is 0 Å². The van der Waals surface area contributed by atoms with Gasteiger partial charge in [-0.05, 0) is 37.7 Å². The number of hydrogen-bond donors (Lipinski definition) is 2. The molecule has 0 atom stereocenters. The summed E-state index contributed by atoms with van der Waals surface area (Å²) in [4.78, 5) is 26.8. The Bertz CT molecular complexity index is 762. The number of hydrogen-bond acceptors (Lipinski definition) is 6. The molecule has 1 saturated heterocycles. The van der Waals surface area contributed by atoms with Gasteiger partial charge in [0, 0.05) is 31.1 Å². The van der Waals surface area contributed by atoms with Crippen LogP contribution in [0.25, 0.3) is 0 Å². The Balaban J connectivity index is 0.000000253. The van der Waals surface area contributed by atoms with E-state index in [0.717, 1.165) is 44.4 Å². The molecule has 156 valence electrons. The lowest BCUT2D eigenvalue weighted by atomic mass is 10.1. The number of ether oxygens (including phenoxy) is 2. The minimum atomic E-state index is -0.294. The summed E-state index contributed by atoms with van der Waals surface area (Å²) in [5.74, 6) is -0.294. The third-order valence-electron chi connectivity index (χ3n) is 4.25. The van der Waals surface area contributed by atoms with E-state index in [9.17, 15) is 9.59 Å². The van der Waals surface area contributed by atoms with Gasteiger partial charge in [0.25, 0.3) is 5.91 Å². The molecule has 2 aromatic rings. The molecule has 3 rings (SSSR count). The van der Waals surface area contributed by atoms with Crippen molar-refractivity contribution in [2.75, 3.05) is 33.9 Å². The van der Waals surface area contributed by atoms with Crippen LogP contribution in [0.4, 0.5) is 0 Å². The van der Waals surface area contributed by atoms with E-state index < -0.39 is 0 Å². The van der Waals surface area contributed by atoms with E-state index >= 15 is 0 Å². The number of aromatic nitrogens is 1. The van der Waals surface area contributed by atoms with Crippen molar-refractivity contribution in [1.82, 2.24) is 15.6 Å². The maximum absolute atomic E-state index is 11.6. The number of rotatable bonds is 7. The molecular formula is C22H29N3O4. The van der Waals surface area contributed by atoms with Gasteiger partial charge in [-0.3, -0.25) is 9.59 Å². The fraction of sp³-hybridized carbons (Fsp3) is 0.409. The van der Waals surface area contributed by atoms with Crippen molar-refractivity contribution in [1.29, 1.82) is 0 Å². The van der Waals surface area contributed by atoms with E-state index in [-0.39, 0.29) is 17.9 Å². The number of carbonyl (C=O) groups is 2. The molecule has 2 N–H and O–H groups in total. The zero-order valence-corrected chi connectivity index (χ0v) is 17.0. The van der Waals surface area contributed by atoms with Gasteiger partial charge >= 0.3 is 0 Å². The first-order valence-corrected chi connectivity index (χ1v) is 9.76. The van der Waals surface area contributed by atoms with Crippen molar-refractivity contribution < 1.29 is 19.1 Å². The molecule has 1 amide bonds. The van der Waals surface area contributed by atoms with Gasteiger partial charge in [-0.1, -0.05) is 30.3 Å². The van der Waals surface area contributed by atoms with E-state index in [1.54, 1.807) is 6.07 Å². The Kier molecular flexibility index (Phi) is 9.99. The Morgan fingerprint density at radius 1 is 1.17 bits per heavy atom. The zero-order chi connectivity index (χ0) is 20.9. The molecule has 0 aliphatic carbocycles. The van der Waals surface area contributed by atoms with E-state index in [4.69, 9.17) is 9.47 Å². The lowest BCUT2D eigenvalue weighted by Crippen LogP contribution is -2.27. The number of nitrogens with zero attached hydrogens (tertiary/aromatic N) is 1. The first kappa shape index (κ1) is 22.7. The fourth-order valence-corrected chi connectivity index (χ4v) is 2.78. The lowest BCUT2D eigenvalue weighted by molar-refractivity contribution is -0.180. The Hall–Kier alpha value is -2.61. The van der Waals surface area contributed by atoms with Crippen LogP contribution in [0.2, 0.25) is 0 Å². The smallest absolute Gasteiger partial charge is 0.269 e. The van der Waals surface area contributed by atoms with Crippen molar-refractivity contribution in [2.24, 2.45) is 0 Å². The Morgan fingerprint density at radius 3 is 2.52 bits per heavy atom. The molecule has 0 spiro atoms. The molecule has 0 radical (unpaired) electrons. The zero-order valence-electron chi connectivity index (χ0n) is 17.0. The largest absolute Gasteiger partial charge is 0.354 e. The summed E-state index contributed by atoms with van der Waals surface area (Å²) in [6.45, 7) is 2.67. The SMILES string of the molecule is CNC(=O)c1cc(C=O)cc(Cc2ccccc2)n1.CNCCC1OCCCO1. The molecule has 2 heterocycles. The van der Waals surface area contributed by atoms with Gasteiger partial charge in [0.2, 0.25) is 0 Å². The second kappa shape index (κ2) is 12.8. The first-order valence-electron chi connectivity index (χ1n) is 9.76. The highest BCUT2D eigenvalue weighted by Crippen LogP contribution is 2.10. The summed E-state index contributed by atoms with van der Waals surface area (Å²) in [6.07, 6.45) is 3.35. The van der Waals surface area contributed by atoms with E-state index in [1.165, 1.54) is 13.1 Å². The molecule has 1 aromatic carbocycles. The monoisotopic (exact) mass is 399 g/mol. The third-order valence-corrected chi connectivity index (χ3v) is 4.25. The van der Waals surface area contributed by atoms with E-state index in [0.29, 0.717) is 17.7 Å². The molecule has 0 saturated carbocycles. The van der Waals surface area contributed by atoms with Crippen molar-refractivity contribution in [3.63, 3.8) is 0 Å². The molecule has 29 heavy (non-hydrogen) atoms. The van der Waals surface area contributed by atoms with Crippen LogP contribution in [0, 0.1) is 0 Å². The van der Waals surface area contributed by atoms with Gasteiger partial charge in [0.05, 0.1) is 13.2 Å². The highest BCUT2D eigenvalue weighted by atomic mass is 16.7. The summed E-state index contributed by atoms with van der Waals surface area (Å²) in [5.41, 5.74) is 2.51. The number of nitrogens with one attached hydrogen (secondary N) is 2. The molecule has 7 nitrogen and oxygen atoms in total. The summed E-state index contributed by atoms with van der Waals surface area (Å²) in [5, 5.41) is 5.56. The van der Waals surface area contributed by atoms with Gasteiger partial charge in [-0.15, -0.1) is 0 Å². The molecule has 1 aromatic heterocycles. The molecule has 1 fully saturated rings. The van der Waals surface area contributed by atoms with Gasteiger partial charge < -0.3 is 20.1 Å². The first-order chi connectivity index (χ1) is 14.2. The van der Waals surface area contributed by atoms with Gasteiger partial charge in [-0.25, -0.2) is 4.98 Å². The normalized spacial score (nSPS) is 13.9. The molecular weight excluding hydrogens is 370 g/mol. The van der Waals surface area contributed by atoms with E-state index in [1.807, 2.05) is 37.4 Å². The summed E-state index contributed by atoms with van der Waals surface area (Å²) in [6, 6.07) is 13.0. The van der Waals surface area contributed by atoms with Crippen LogP contribution in [-0.4, -0.2) is 57.3 Å². The van der Waals surface area contributed by atoms with Crippen LogP contribution < -0.4 is 10.6 Å². The molecule has 7 heteroatoms. The second-order valence-corrected chi connectivity index (χ2v) is 6.55. The minimum Gasteiger partial charge on any atom is -0.354 e. The topological polar surface area (TPSA) is 89.6 Å². The Morgan fingerprint density at radius 2 is 1.90 bits per heavy atom. The van der Waals surface area contributed by atoms with Crippen molar-refractivity contribution in [2.45, 2.75) is 25.6 Å². The van der Waals surface area contributed by atoms with Crippen LogP contribution in [0.15, 0.2) is 42.5 Å². The predicted molar refractivity (Wildman–Crippen MR) is 111 cm³/mol. The molecule has 0 bridgehead atoms. The standard InChI is InChI=1S/C15H14N2O2.C7H15NO2/c1-16-15(19)14-9-12(10-18)8-13(17-14)7-11-5-3-2-4-6-11;1-8-4-3-7-9-5-2-6-10-7/h2-6,8-10H,7H2,1H3,(H,16,19);7-8H,2-6H2,1H3. The van der Waals surface area contributed by atoms with Crippen molar-refractivity contribution in [3.8, 4) is 0 Å². The van der Waals surface area contributed by atoms with Gasteiger partial charge in [0.1, 0.15) is 12.0 Å². The van der Waals surface area contributed by atoms with Crippen LogP contribution in [-0.2, 0) is 15.9 Å². The predicted octanol–water partition coefficient (Wildman–Crippen LogP) is 2.20. The quantitative estimate of drug-likeness (QED) is 0.694. The van der Waals surface area contributed by atoms with Crippen LogP contribution in [0.5, 0.6) is 0 Å². The van der Waals surface area contributed by atoms with Gasteiger partial charge in [-0.2, -0.15) is 0 Å². The summed E-state index contributed by atoms with van der Waals surface area (Å²) in [7, 11) is 3.47.